The normalized spacial score (nSPS) is 14.5. The van der Waals surface area contributed by atoms with Crippen molar-refractivity contribution >= 4 is 11.6 Å². The SMILES string of the molecule is O=C(Nc1ccc(C(O)C2CC2)nc1)c1cccn(-c2ccccc2OCC(F)(F)F)c1=O. The predicted molar refractivity (Wildman–Crippen MR) is 113 cm³/mol. The van der Waals surface area contributed by atoms with Gasteiger partial charge in [-0.3, -0.25) is 19.1 Å². The molecule has 1 aromatic carbocycles. The lowest BCUT2D eigenvalue weighted by atomic mass is 10.1. The zero-order valence-electron chi connectivity index (χ0n) is 17.2. The number of nitrogens with zero attached hydrogens (tertiary/aromatic N) is 2. The van der Waals surface area contributed by atoms with Gasteiger partial charge in [0.15, 0.2) is 6.61 Å². The maximum Gasteiger partial charge on any atom is 0.422 e. The highest BCUT2D eigenvalue weighted by atomic mass is 19.4. The minimum Gasteiger partial charge on any atom is -0.482 e. The largest absolute Gasteiger partial charge is 0.482 e. The zero-order chi connectivity index (χ0) is 23.6. The number of carbonyl (C=O) groups is 1. The number of aromatic nitrogens is 2. The Bertz CT molecular complexity index is 1200. The Morgan fingerprint density at radius 3 is 2.61 bits per heavy atom. The van der Waals surface area contributed by atoms with Crippen LogP contribution in [0.5, 0.6) is 5.75 Å². The van der Waals surface area contributed by atoms with Crippen molar-refractivity contribution < 1.29 is 27.8 Å². The lowest BCUT2D eigenvalue weighted by Crippen LogP contribution is -2.28. The van der Waals surface area contributed by atoms with E-state index in [0.717, 1.165) is 17.4 Å². The van der Waals surface area contributed by atoms with E-state index in [0.29, 0.717) is 11.4 Å². The molecule has 1 atom stereocenters. The minimum atomic E-state index is -4.54. The van der Waals surface area contributed by atoms with E-state index in [9.17, 15) is 27.9 Å². The number of nitrogens with one attached hydrogen (secondary N) is 1. The second-order valence-corrected chi connectivity index (χ2v) is 7.68. The summed E-state index contributed by atoms with van der Waals surface area (Å²) in [6, 6.07) is 11.7. The van der Waals surface area contributed by atoms with Gasteiger partial charge in [-0.25, -0.2) is 0 Å². The Labute approximate surface area is 186 Å². The van der Waals surface area contributed by atoms with Gasteiger partial charge >= 0.3 is 6.18 Å². The van der Waals surface area contributed by atoms with Gasteiger partial charge in [0.05, 0.1) is 29.4 Å². The lowest BCUT2D eigenvalue weighted by molar-refractivity contribution is -0.153. The lowest BCUT2D eigenvalue weighted by Gasteiger charge is -2.15. The fourth-order valence-corrected chi connectivity index (χ4v) is 3.30. The first-order chi connectivity index (χ1) is 15.7. The van der Waals surface area contributed by atoms with E-state index in [1.165, 1.54) is 48.8 Å². The Balaban J connectivity index is 1.55. The average molecular weight is 459 g/mol. The number of aliphatic hydroxyl groups excluding tert-OH is 1. The summed E-state index contributed by atoms with van der Waals surface area (Å²) in [5, 5.41) is 12.7. The molecule has 7 nitrogen and oxygen atoms in total. The van der Waals surface area contributed by atoms with Crippen LogP contribution in [0.1, 0.15) is 35.0 Å². The van der Waals surface area contributed by atoms with Crippen LogP contribution in [0.4, 0.5) is 18.9 Å². The standard InChI is InChI=1S/C23H20F3N3O4/c24-23(25,26)13-33-19-6-2-1-5-18(19)29-11-3-4-16(22(29)32)21(31)28-15-9-10-17(27-12-15)20(30)14-7-8-14/h1-6,9-12,14,20,30H,7-8,13H2,(H,28,31). The van der Waals surface area contributed by atoms with E-state index in [1.807, 2.05) is 0 Å². The number of pyridine rings is 2. The highest BCUT2D eigenvalue weighted by Crippen LogP contribution is 2.40. The molecule has 2 heterocycles. The molecule has 0 aliphatic heterocycles. The molecular weight excluding hydrogens is 439 g/mol. The Kier molecular flexibility index (Phi) is 6.19. The van der Waals surface area contributed by atoms with E-state index in [4.69, 9.17) is 4.74 Å². The van der Waals surface area contributed by atoms with Crippen LogP contribution >= 0.6 is 0 Å². The molecule has 4 rings (SSSR count). The van der Waals surface area contributed by atoms with Gasteiger partial charge in [0.25, 0.3) is 11.5 Å². The number of aliphatic hydroxyl groups is 1. The highest BCUT2D eigenvalue weighted by molar-refractivity contribution is 6.03. The summed E-state index contributed by atoms with van der Waals surface area (Å²) in [5.41, 5.74) is -0.0398. The number of alkyl halides is 3. The van der Waals surface area contributed by atoms with Crippen LogP contribution in [0.25, 0.3) is 5.69 Å². The van der Waals surface area contributed by atoms with Crippen LogP contribution < -0.4 is 15.6 Å². The molecule has 2 N–H and O–H groups in total. The first kappa shape index (κ1) is 22.5. The molecule has 1 aliphatic rings. The van der Waals surface area contributed by atoms with Gasteiger partial charge in [0, 0.05) is 6.20 Å². The van der Waals surface area contributed by atoms with Gasteiger partial charge < -0.3 is 15.2 Å². The van der Waals surface area contributed by atoms with Gasteiger partial charge in [-0.1, -0.05) is 12.1 Å². The summed E-state index contributed by atoms with van der Waals surface area (Å²) in [7, 11) is 0. The van der Waals surface area contributed by atoms with Crippen LogP contribution in [-0.4, -0.2) is 33.3 Å². The number of rotatable bonds is 7. The summed E-state index contributed by atoms with van der Waals surface area (Å²) >= 11 is 0. The Morgan fingerprint density at radius 1 is 1.18 bits per heavy atom. The minimum absolute atomic E-state index is 0.0708. The summed E-state index contributed by atoms with van der Waals surface area (Å²) in [6.07, 6.45) is -0.558. The molecule has 1 aliphatic carbocycles. The number of hydrogen-bond donors (Lipinski definition) is 2. The quantitative estimate of drug-likeness (QED) is 0.560. The molecule has 3 aromatic rings. The molecule has 0 bridgehead atoms. The molecule has 172 valence electrons. The Morgan fingerprint density at radius 2 is 1.94 bits per heavy atom. The number of benzene rings is 1. The van der Waals surface area contributed by atoms with Crippen molar-refractivity contribution in [3.05, 3.63) is 82.5 Å². The van der Waals surface area contributed by atoms with E-state index in [2.05, 4.69) is 10.3 Å². The third-order valence-corrected chi connectivity index (χ3v) is 5.12. The van der Waals surface area contributed by atoms with Gasteiger partial charge in [0.2, 0.25) is 0 Å². The van der Waals surface area contributed by atoms with Gasteiger partial charge in [-0.15, -0.1) is 0 Å². The van der Waals surface area contributed by atoms with Gasteiger partial charge in [-0.05, 0) is 55.2 Å². The van der Waals surface area contributed by atoms with Crippen molar-refractivity contribution in [2.75, 3.05) is 11.9 Å². The highest BCUT2D eigenvalue weighted by Gasteiger charge is 2.31. The summed E-state index contributed by atoms with van der Waals surface area (Å²) in [4.78, 5) is 29.8. The number of para-hydroxylation sites is 2. The molecule has 1 unspecified atom stereocenters. The molecule has 2 aromatic heterocycles. The van der Waals surface area contributed by atoms with Crippen LogP contribution in [0.2, 0.25) is 0 Å². The summed E-state index contributed by atoms with van der Waals surface area (Å²) in [6.45, 7) is -1.52. The van der Waals surface area contributed by atoms with Crippen LogP contribution in [-0.2, 0) is 0 Å². The molecular formula is C23H20F3N3O4. The fourth-order valence-electron chi connectivity index (χ4n) is 3.30. The molecule has 0 saturated heterocycles. The molecule has 1 amide bonds. The van der Waals surface area contributed by atoms with Crippen LogP contribution in [0.3, 0.4) is 0 Å². The number of carbonyl (C=O) groups excluding carboxylic acids is 1. The van der Waals surface area contributed by atoms with E-state index >= 15 is 0 Å². The molecule has 10 heteroatoms. The van der Waals surface area contributed by atoms with E-state index in [-0.39, 0.29) is 22.9 Å². The zero-order valence-corrected chi connectivity index (χ0v) is 17.2. The fraction of sp³-hybridized carbons (Fsp3) is 0.261. The van der Waals surface area contributed by atoms with Gasteiger partial charge in [0.1, 0.15) is 11.3 Å². The summed E-state index contributed by atoms with van der Waals surface area (Å²) in [5.74, 6) is -0.646. The molecule has 0 spiro atoms. The molecule has 33 heavy (non-hydrogen) atoms. The maximum atomic E-state index is 13.0. The number of hydrogen-bond acceptors (Lipinski definition) is 5. The molecule has 1 fully saturated rings. The second kappa shape index (κ2) is 9.07. The number of ether oxygens (including phenoxy) is 1. The number of anilines is 1. The van der Waals surface area contributed by atoms with Crippen molar-refractivity contribution in [3.63, 3.8) is 0 Å². The smallest absolute Gasteiger partial charge is 0.422 e. The Hall–Kier alpha value is -3.66. The number of halogens is 3. The van der Waals surface area contributed by atoms with Crippen LogP contribution in [0, 0.1) is 5.92 Å². The first-order valence-electron chi connectivity index (χ1n) is 10.2. The summed E-state index contributed by atoms with van der Waals surface area (Å²) < 4.78 is 43.6. The van der Waals surface area contributed by atoms with E-state index in [1.54, 1.807) is 12.1 Å². The van der Waals surface area contributed by atoms with Gasteiger partial charge in [-0.2, -0.15) is 13.2 Å². The topological polar surface area (TPSA) is 93.5 Å². The third kappa shape index (κ3) is 5.40. The van der Waals surface area contributed by atoms with E-state index < -0.39 is 30.4 Å². The van der Waals surface area contributed by atoms with Crippen molar-refractivity contribution in [1.82, 2.24) is 9.55 Å². The van der Waals surface area contributed by atoms with Crippen molar-refractivity contribution in [2.45, 2.75) is 25.1 Å². The third-order valence-electron chi connectivity index (χ3n) is 5.12. The van der Waals surface area contributed by atoms with Crippen molar-refractivity contribution in [1.29, 1.82) is 0 Å². The van der Waals surface area contributed by atoms with Crippen LogP contribution in [0.15, 0.2) is 65.7 Å². The molecule has 0 radical (unpaired) electrons. The maximum absolute atomic E-state index is 13.0. The first-order valence-corrected chi connectivity index (χ1v) is 10.2. The monoisotopic (exact) mass is 459 g/mol. The van der Waals surface area contributed by atoms with Crippen molar-refractivity contribution in [2.24, 2.45) is 5.92 Å². The second-order valence-electron chi connectivity index (χ2n) is 7.68. The van der Waals surface area contributed by atoms with Crippen molar-refractivity contribution in [3.8, 4) is 11.4 Å². The average Bonchev–Trinajstić information content (AvgIpc) is 3.63. The predicted octanol–water partition coefficient (Wildman–Crippen LogP) is 3.87. The number of amides is 1. The molecule has 1 saturated carbocycles.